The summed E-state index contributed by atoms with van der Waals surface area (Å²) < 4.78 is 0. The van der Waals surface area contributed by atoms with Gasteiger partial charge >= 0.3 is 0 Å². The number of nitrogens with two attached hydrogens (primary N) is 1. The lowest BCUT2D eigenvalue weighted by Gasteiger charge is -2.47. The summed E-state index contributed by atoms with van der Waals surface area (Å²) in [5.41, 5.74) is 5.37. The second-order valence-corrected chi connectivity index (χ2v) is 8.17. The predicted octanol–water partition coefficient (Wildman–Crippen LogP) is 1.07. The van der Waals surface area contributed by atoms with Crippen molar-refractivity contribution in [3.63, 3.8) is 0 Å². The molecule has 0 aromatic heterocycles. The first-order valence-corrected chi connectivity index (χ1v) is 9.61. The van der Waals surface area contributed by atoms with E-state index in [4.69, 9.17) is 5.73 Å². The van der Waals surface area contributed by atoms with Gasteiger partial charge in [-0.3, -0.25) is 14.5 Å². The Balaban J connectivity index is 1.33. The number of rotatable bonds is 5. The summed E-state index contributed by atoms with van der Waals surface area (Å²) in [5, 5.41) is 0.717. The van der Waals surface area contributed by atoms with E-state index >= 15 is 0 Å². The molecule has 0 radical (unpaired) electrons. The Morgan fingerprint density at radius 3 is 2.27 bits per heavy atom. The maximum Gasteiger partial charge on any atom is 0.232 e. The van der Waals surface area contributed by atoms with Crippen molar-refractivity contribution in [1.82, 2.24) is 9.80 Å². The Morgan fingerprint density at radius 1 is 1.05 bits per heavy atom. The molecule has 0 bridgehead atoms. The number of hydrogen-bond acceptors (Lipinski definition) is 4. The van der Waals surface area contributed by atoms with Crippen molar-refractivity contribution in [2.45, 2.75) is 49.8 Å². The Kier molecular flexibility index (Phi) is 5.29. The van der Waals surface area contributed by atoms with Crippen LogP contribution in [0.25, 0.3) is 0 Å². The van der Waals surface area contributed by atoms with Gasteiger partial charge in [-0.15, -0.1) is 11.8 Å². The number of hydrogen-bond donors (Lipinski definition) is 1. The molecule has 124 valence electrons. The molecule has 22 heavy (non-hydrogen) atoms. The number of primary amides is 1. The molecule has 3 rings (SSSR count). The average Bonchev–Trinajstić information content (AvgIpc) is 2.97. The normalized spacial score (nSPS) is 25.4. The Labute approximate surface area is 137 Å². The number of thioether (sulfide) groups is 1. The second-order valence-electron chi connectivity index (χ2n) is 6.88. The monoisotopic (exact) mass is 325 g/mol. The zero-order chi connectivity index (χ0) is 15.5. The van der Waals surface area contributed by atoms with E-state index in [0.29, 0.717) is 23.0 Å². The molecule has 2 N–H and O–H groups in total. The highest BCUT2D eigenvalue weighted by atomic mass is 32.2. The van der Waals surface area contributed by atoms with Gasteiger partial charge in [-0.05, 0) is 38.8 Å². The molecular weight excluding hydrogens is 298 g/mol. The van der Waals surface area contributed by atoms with E-state index in [2.05, 4.69) is 4.90 Å². The van der Waals surface area contributed by atoms with Crippen LogP contribution < -0.4 is 5.73 Å². The van der Waals surface area contributed by atoms with Crippen LogP contribution in [-0.2, 0) is 9.59 Å². The lowest BCUT2D eigenvalue weighted by molar-refractivity contribution is -0.136. The molecule has 1 aliphatic carbocycles. The number of likely N-dealkylation sites (tertiary alicyclic amines) is 2. The maximum absolute atomic E-state index is 12.2. The van der Waals surface area contributed by atoms with Crippen LogP contribution in [0.4, 0.5) is 0 Å². The smallest absolute Gasteiger partial charge is 0.232 e. The molecule has 3 aliphatic rings. The fourth-order valence-electron chi connectivity index (χ4n) is 3.77. The molecule has 1 saturated carbocycles. The quantitative estimate of drug-likeness (QED) is 0.821. The Morgan fingerprint density at radius 2 is 1.68 bits per heavy atom. The van der Waals surface area contributed by atoms with Crippen molar-refractivity contribution in [2.75, 3.05) is 31.9 Å². The standard InChI is InChI=1S/C16H27N3O2S/c17-16(21)12-5-7-18(8-6-12)13-9-19(10-13)15(20)11-22-14-3-1-2-4-14/h12-14H,1-11H2,(H2,17,21). The van der Waals surface area contributed by atoms with Gasteiger partial charge in [0, 0.05) is 30.3 Å². The zero-order valence-corrected chi connectivity index (χ0v) is 14.0. The Bertz CT molecular complexity index is 412. The lowest BCUT2D eigenvalue weighted by Crippen LogP contribution is -2.62. The van der Waals surface area contributed by atoms with Crippen molar-refractivity contribution in [3.8, 4) is 0 Å². The molecule has 0 unspecified atom stereocenters. The number of carbonyl (C=O) groups excluding carboxylic acids is 2. The van der Waals surface area contributed by atoms with Gasteiger partial charge < -0.3 is 10.6 Å². The topological polar surface area (TPSA) is 66.6 Å². The maximum atomic E-state index is 12.2. The fourth-order valence-corrected chi connectivity index (χ4v) is 5.00. The van der Waals surface area contributed by atoms with E-state index in [0.717, 1.165) is 39.0 Å². The highest BCUT2D eigenvalue weighted by Gasteiger charge is 2.37. The van der Waals surface area contributed by atoms with Gasteiger partial charge in [-0.2, -0.15) is 0 Å². The molecule has 5 nitrogen and oxygen atoms in total. The van der Waals surface area contributed by atoms with Crippen LogP contribution >= 0.6 is 11.8 Å². The van der Waals surface area contributed by atoms with Gasteiger partial charge in [-0.25, -0.2) is 0 Å². The van der Waals surface area contributed by atoms with Gasteiger partial charge in [0.25, 0.3) is 0 Å². The van der Waals surface area contributed by atoms with Crippen molar-refractivity contribution in [3.05, 3.63) is 0 Å². The molecule has 6 heteroatoms. The summed E-state index contributed by atoms with van der Waals surface area (Å²) in [6.45, 7) is 3.62. The van der Waals surface area contributed by atoms with Crippen LogP contribution in [0.2, 0.25) is 0 Å². The van der Waals surface area contributed by atoms with Gasteiger partial charge in [0.15, 0.2) is 0 Å². The first-order chi connectivity index (χ1) is 10.6. The van der Waals surface area contributed by atoms with Crippen LogP contribution in [0.3, 0.4) is 0 Å². The van der Waals surface area contributed by atoms with Gasteiger partial charge in [0.1, 0.15) is 0 Å². The zero-order valence-electron chi connectivity index (χ0n) is 13.2. The molecule has 2 aliphatic heterocycles. The molecule has 3 fully saturated rings. The molecule has 2 amide bonds. The van der Waals surface area contributed by atoms with E-state index in [9.17, 15) is 9.59 Å². The van der Waals surface area contributed by atoms with E-state index in [1.54, 1.807) is 0 Å². The van der Waals surface area contributed by atoms with E-state index in [1.807, 2.05) is 16.7 Å². The highest BCUT2D eigenvalue weighted by Crippen LogP contribution is 2.30. The molecule has 0 aromatic rings. The van der Waals surface area contributed by atoms with Crippen LogP contribution in [0, 0.1) is 5.92 Å². The van der Waals surface area contributed by atoms with Crippen molar-refractivity contribution >= 4 is 23.6 Å². The van der Waals surface area contributed by atoms with E-state index in [1.165, 1.54) is 25.7 Å². The van der Waals surface area contributed by atoms with Crippen LogP contribution in [0.15, 0.2) is 0 Å². The van der Waals surface area contributed by atoms with Crippen molar-refractivity contribution in [1.29, 1.82) is 0 Å². The lowest BCUT2D eigenvalue weighted by atomic mass is 9.94. The number of amides is 2. The third-order valence-corrected chi connectivity index (χ3v) is 6.76. The van der Waals surface area contributed by atoms with Crippen LogP contribution in [0.5, 0.6) is 0 Å². The van der Waals surface area contributed by atoms with E-state index in [-0.39, 0.29) is 11.8 Å². The number of carbonyl (C=O) groups is 2. The number of nitrogens with zero attached hydrogens (tertiary/aromatic N) is 2. The summed E-state index contributed by atoms with van der Waals surface area (Å²) in [5.74, 6) is 0.854. The molecule has 0 atom stereocenters. The molecular formula is C16H27N3O2S. The molecule has 0 aromatic carbocycles. The minimum absolute atomic E-state index is 0.0527. The van der Waals surface area contributed by atoms with Gasteiger partial charge in [-0.1, -0.05) is 12.8 Å². The van der Waals surface area contributed by atoms with Gasteiger partial charge in [0.05, 0.1) is 5.75 Å². The van der Waals surface area contributed by atoms with Crippen molar-refractivity contribution in [2.24, 2.45) is 11.7 Å². The van der Waals surface area contributed by atoms with Crippen molar-refractivity contribution < 1.29 is 9.59 Å². The van der Waals surface area contributed by atoms with Crippen LogP contribution in [-0.4, -0.2) is 64.8 Å². The largest absolute Gasteiger partial charge is 0.369 e. The summed E-state index contributed by atoms with van der Waals surface area (Å²) in [6.07, 6.45) is 6.98. The first kappa shape index (κ1) is 16.1. The summed E-state index contributed by atoms with van der Waals surface area (Å²) in [6, 6.07) is 0.495. The second kappa shape index (κ2) is 7.21. The van der Waals surface area contributed by atoms with Crippen LogP contribution in [0.1, 0.15) is 38.5 Å². The fraction of sp³-hybridized carbons (Fsp3) is 0.875. The minimum atomic E-state index is -0.158. The molecule has 2 saturated heterocycles. The third-order valence-electron chi connectivity index (χ3n) is 5.41. The Hall–Kier alpha value is -0.750. The molecule has 0 spiro atoms. The van der Waals surface area contributed by atoms with Gasteiger partial charge in [0.2, 0.25) is 11.8 Å². The number of piperidine rings is 1. The summed E-state index contributed by atoms with van der Waals surface area (Å²) in [7, 11) is 0. The summed E-state index contributed by atoms with van der Waals surface area (Å²) >= 11 is 1.85. The first-order valence-electron chi connectivity index (χ1n) is 8.56. The predicted molar refractivity (Wildman–Crippen MR) is 88.6 cm³/mol. The summed E-state index contributed by atoms with van der Waals surface area (Å²) in [4.78, 5) is 27.8. The molecule has 2 heterocycles. The highest BCUT2D eigenvalue weighted by molar-refractivity contribution is 8.00. The minimum Gasteiger partial charge on any atom is -0.369 e. The average molecular weight is 325 g/mol. The van der Waals surface area contributed by atoms with E-state index < -0.39 is 0 Å². The third kappa shape index (κ3) is 3.77. The SMILES string of the molecule is NC(=O)C1CCN(C2CN(C(=O)CSC3CCCC3)C2)CC1.